The summed E-state index contributed by atoms with van der Waals surface area (Å²) in [4.78, 5) is 41.9. The summed E-state index contributed by atoms with van der Waals surface area (Å²) in [7, 11) is 0. The Balaban J connectivity index is 1.44. The van der Waals surface area contributed by atoms with Crippen molar-refractivity contribution in [2.45, 2.75) is 33.2 Å². The van der Waals surface area contributed by atoms with Gasteiger partial charge in [0.25, 0.3) is 5.69 Å². The van der Waals surface area contributed by atoms with E-state index in [-0.39, 0.29) is 23.5 Å². The number of nitrogens with zero attached hydrogens (tertiary/aromatic N) is 4. The number of rotatable bonds is 6. The molecule has 0 saturated carbocycles. The maximum atomic E-state index is 12.7. The first-order valence-corrected chi connectivity index (χ1v) is 11.0. The Hall–Kier alpha value is -2.52. The minimum Gasteiger partial charge on any atom is -0.341 e. The Morgan fingerprint density at radius 1 is 1.10 bits per heavy atom. The van der Waals surface area contributed by atoms with Crippen LogP contribution in [0.2, 0.25) is 0 Å². The summed E-state index contributed by atoms with van der Waals surface area (Å²) in [6.45, 7) is 11.3. The molecule has 1 aromatic rings. The van der Waals surface area contributed by atoms with Gasteiger partial charge in [-0.3, -0.25) is 29.5 Å². The minimum absolute atomic E-state index is 0.00909. The van der Waals surface area contributed by atoms with Crippen molar-refractivity contribution in [3.63, 3.8) is 0 Å². The lowest BCUT2D eigenvalue weighted by Crippen LogP contribution is -2.55. The van der Waals surface area contributed by atoms with Crippen LogP contribution in [0.15, 0.2) is 24.3 Å². The number of nitro benzene ring substituents is 1. The number of carbonyl (C=O) groups excluding carboxylic acids is 2. The van der Waals surface area contributed by atoms with E-state index >= 15 is 0 Å². The largest absolute Gasteiger partial charge is 0.341 e. The van der Waals surface area contributed by atoms with E-state index in [1.807, 2.05) is 11.8 Å². The number of nitrogens with one attached hydrogen (secondary N) is 1. The number of non-ortho nitro benzene ring substituents is 1. The highest BCUT2D eigenvalue weighted by Crippen LogP contribution is 2.21. The van der Waals surface area contributed by atoms with Crippen LogP contribution in [-0.4, -0.2) is 83.3 Å². The number of piperidine rings is 1. The lowest BCUT2D eigenvalue weighted by molar-refractivity contribution is -0.384. The summed E-state index contributed by atoms with van der Waals surface area (Å²) < 4.78 is 0. The van der Waals surface area contributed by atoms with Crippen LogP contribution in [0.3, 0.4) is 0 Å². The zero-order chi connectivity index (χ0) is 22.5. The molecule has 0 spiro atoms. The van der Waals surface area contributed by atoms with Crippen LogP contribution in [0, 0.1) is 22.0 Å². The van der Waals surface area contributed by atoms with E-state index in [2.05, 4.69) is 29.0 Å². The number of carbonyl (C=O) groups is 2. The van der Waals surface area contributed by atoms with Gasteiger partial charge in [-0.05, 0) is 37.3 Å². The summed E-state index contributed by atoms with van der Waals surface area (Å²) in [5, 5.41) is 13.6. The Morgan fingerprint density at radius 3 is 2.23 bits per heavy atom. The lowest BCUT2D eigenvalue weighted by atomic mass is 9.92. The molecule has 0 aromatic heterocycles. The molecule has 0 bridgehead atoms. The maximum absolute atomic E-state index is 12.7. The average molecular weight is 432 g/mol. The summed E-state index contributed by atoms with van der Waals surface area (Å²) in [5.74, 6) is 1.17. The van der Waals surface area contributed by atoms with Gasteiger partial charge < -0.3 is 10.2 Å². The molecule has 2 amide bonds. The Bertz CT molecular complexity index is 782. The molecule has 170 valence electrons. The van der Waals surface area contributed by atoms with E-state index in [4.69, 9.17) is 0 Å². The molecule has 1 N–H and O–H groups in total. The monoisotopic (exact) mass is 431 g/mol. The quantitative estimate of drug-likeness (QED) is 0.547. The lowest BCUT2D eigenvalue weighted by Gasteiger charge is -2.39. The number of likely N-dealkylation sites (tertiary alicyclic amines) is 1. The van der Waals surface area contributed by atoms with Gasteiger partial charge in [0.1, 0.15) is 0 Å². The fourth-order valence-corrected chi connectivity index (χ4v) is 4.55. The SMILES string of the molecule is C[C@@H]1C[C@H](C)CN(C(=O)CN2CCN([C@@H](C)C(=O)Nc3ccc([N+](=O)[O-])cc3)CC2)C1. The Kier molecular flexibility index (Phi) is 7.61. The zero-order valence-corrected chi connectivity index (χ0v) is 18.6. The molecule has 31 heavy (non-hydrogen) atoms. The second-order valence-electron chi connectivity index (χ2n) is 9.03. The third-order valence-electron chi connectivity index (χ3n) is 6.26. The van der Waals surface area contributed by atoms with E-state index in [0.717, 1.165) is 39.3 Å². The van der Waals surface area contributed by atoms with Crippen molar-refractivity contribution in [1.29, 1.82) is 0 Å². The number of nitro groups is 1. The van der Waals surface area contributed by atoms with Gasteiger partial charge in [-0.25, -0.2) is 0 Å². The molecule has 3 rings (SSSR count). The molecule has 2 heterocycles. The molecule has 0 unspecified atom stereocenters. The molecule has 9 heteroatoms. The van der Waals surface area contributed by atoms with Crippen LogP contribution in [0.1, 0.15) is 27.2 Å². The Morgan fingerprint density at radius 2 is 1.68 bits per heavy atom. The molecule has 1 aromatic carbocycles. The van der Waals surface area contributed by atoms with Gasteiger partial charge in [-0.1, -0.05) is 13.8 Å². The fourth-order valence-electron chi connectivity index (χ4n) is 4.55. The molecular weight excluding hydrogens is 398 g/mol. The molecule has 3 atom stereocenters. The summed E-state index contributed by atoms with van der Waals surface area (Å²) in [6.07, 6.45) is 1.18. The normalized spacial score (nSPS) is 23.9. The first kappa shape index (κ1) is 23.1. The zero-order valence-electron chi connectivity index (χ0n) is 18.6. The van der Waals surface area contributed by atoms with Crippen LogP contribution in [0.4, 0.5) is 11.4 Å². The molecule has 9 nitrogen and oxygen atoms in total. The van der Waals surface area contributed by atoms with Gasteiger partial charge >= 0.3 is 0 Å². The second-order valence-corrected chi connectivity index (χ2v) is 9.03. The number of anilines is 1. The smallest absolute Gasteiger partial charge is 0.269 e. The van der Waals surface area contributed by atoms with E-state index in [1.165, 1.54) is 30.7 Å². The number of hydrogen-bond donors (Lipinski definition) is 1. The number of benzene rings is 1. The highest BCUT2D eigenvalue weighted by atomic mass is 16.6. The van der Waals surface area contributed by atoms with Crippen LogP contribution in [0.25, 0.3) is 0 Å². The van der Waals surface area contributed by atoms with E-state index in [9.17, 15) is 19.7 Å². The number of hydrogen-bond acceptors (Lipinski definition) is 6. The molecule has 2 aliphatic rings. The number of piperazine rings is 1. The highest BCUT2D eigenvalue weighted by Gasteiger charge is 2.29. The van der Waals surface area contributed by atoms with Gasteiger partial charge in [-0.15, -0.1) is 0 Å². The van der Waals surface area contributed by atoms with Crippen LogP contribution < -0.4 is 5.32 Å². The fraction of sp³-hybridized carbons (Fsp3) is 0.636. The molecule has 2 aliphatic heterocycles. The third-order valence-corrected chi connectivity index (χ3v) is 6.26. The van der Waals surface area contributed by atoms with Crippen LogP contribution in [-0.2, 0) is 9.59 Å². The highest BCUT2D eigenvalue weighted by molar-refractivity contribution is 5.94. The molecule has 0 aliphatic carbocycles. The second kappa shape index (κ2) is 10.2. The topological polar surface area (TPSA) is 99.0 Å². The van der Waals surface area contributed by atoms with Crippen molar-refractivity contribution in [3.05, 3.63) is 34.4 Å². The third kappa shape index (κ3) is 6.24. The van der Waals surface area contributed by atoms with Gasteiger partial charge in [0, 0.05) is 57.1 Å². The van der Waals surface area contributed by atoms with Gasteiger partial charge in [-0.2, -0.15) is 0 Å². The van der Waals surface area contributed by atoms with Crippen molar-refractivity contribution in [2.75, 3.05) is 51.1 Å². The minimum atomic E-state index is -0.467. The molecular formula is C22H33N5O4. The van der Waals surface area contributed by atoms with Crippen molar-refractivity contribution >= 4 is 23.2 Å². The van der Waals surface area contributed by atoms with Crippen molar-refractivity contribution in [1.82, 2.24) is 14.7 Å². The van der Waals surface area contributed by atoms with Gasteiger partial charge in [0.15, 0.2) is 0 Å². The maximum Gasteiger partial charge on any atom is 0.269 e. The molecule has 2 saturated heterocycles. The predicted molar refractivity (Wildman–Crippen MR) is 119 cm³/mol. The van der Waals surface area contributed by atoms with Crippen LogP contribution >= 0.6 is 0 Å². The molecule has 0 radical (unpaired) electrons. The van der Waals surface area contributed by atoms with Crippen molar-refractivity contribution in [2.24, 2.45) is 11.8 Å². The van der Waals surface area contributed by atoms with Crippen molar-refractivity contribution < 1.29 is 14.5 Å². The summed E-state index contributed by atoms with van der Waals surface area (Å²) >= 11 is 0. The molecule has 2 fully saturated rings. The van der Waals surface area contributed by atoms with E-state index in [0.29, 0.717) is 24.1 Å². The number of amides is 2. The van der Waals surface area contributed by atoms with Gasteiger partial charge in [0.05, 0.1) is 17.5 Å². The van der Waals surface area contributed by atoms with Crippen LogP contribution in [0.5, 0.6) is 0 Å². The predicted octanol–water partition coefficient (Wildman–Crippen LogP) is 2.04. The standard InChI is InChI=1S/C22H33N5O4/c1-16-12-17(2)14-26(13-16)21(28)15-24-8-10-25(11-9-24)18(3)22(29)23-19-4-6-20(7-5-19)27(30)31/h4-7,16-18H,8-15H2,1-3H3,(H,23,29)/t16-,17+,18-/m0/s1. The summed E-state index contributed by atoms with van der Waals surface area (Å²) in [5.41, 5.74) is 0.529. The van der Waals surface area contributed by atoms with E-state index < -0.39 is 4.92 Å². The average Bonchev–Trinajstić information content (AvgIpc) is 2.73. The first-order chi connectivity index (χ1) is 14.7. The van der Waals surface area contributed by atoms with E-state index in [1.54, 1.807) is 0 Å². The van der Waals surface area contributed by atoms with Crippen molar-refractivity contribution in [3.8, 4) is 0 Å². The Labute approximate surface area is 183 Å². The van der Waals surface area contributed by atoms with Gasteiger partial charge in [0.2, 0.25) is 11.8 Å². The summed E-state index contributed by atoms with van der Waals surface area (Å²) in [6, 6.07) is 5.50. The first-order valence-electron chi connectivity index (χ1n) is 11.0.